The molecule has 0 fully saturated rings. The van der Waals surface area contributed by atoms with Gasteiger partial charge in [0.25, 0.3) is 7.82 Å². The molecule has 1 unspecified atom stereocenters. The molecule has 0 bridgehead atoms. The van der Waals surface area contributed by atoms with Gasteiger partial charge in [0.15, 0.2) is 0 Å². The van der Waals surface area contributed by atoms with Crippen molar-refractivity contribution in [2.45, 2.75) is 142 Å². The summed E-state index contributed by atoms with van der Waals surface area (Å²) in [5, 5.41) is 0. The summed E-state index contributed by atoms with van der Waals surface area (Å²) in [4.78, 5) is 12.1. The summed E-state index contributed by atoms with van der Waals surface area (Å²) in [6.45, 7) is 9.45. The summed E-state index contributed by atoms with van der Waals surface area (Å²) in [5.74, 6) is 0. The zero-order valence-corrected chi connectivity index (χ0v) is 29.5. The zero-order chi connectivity index (χ0) is 31.6. The van der Waals surface area contributed by atoms with Crippen molar-refractivity contribution in [2.75, 3.05) is 54.1 Å². The van der Waals surface area contributed by atoms with Crippen LogP contribution in [-0.2, 0) is 23.1 Å². The Kier molecular flexibility index (Phi) is 25.4. The molecule has 0 rings (SSSR count). The SMILES string of the molecule is CCCC/C=C\CCCCCCCCCC/C=C\CCCCOC[C@H](COP(=O)([O-])OCC[N+](C)(C)C)OC(C)(C)C. The molecular formula is C34H68NO6P. The van der Waals surface area contributed by atoms with E-state index in [0.29, 0.717) is 17.6 Å². The number of hydrogen-bond acceptors (Lipinski definition) is 6. The Balaban J connectivity index is 3.81. The van der Waals surface area contributed by atoms with Crippen molar-refractivity contribution in [1.82, 2.24) is 0 Å². The van der Waals surface area contributed by atoms with E-state index >= 15 is 0 Å². The fraction of sp³-hybridized carbons (Fsp3) is 0.882. The number of phosphoric ester groups is 1. The number of ether oxygens (including phenoxy) is 2. The number of likely N-dealkylation sites (N-methyl/N-ethyl adjacent to an activating group) is 1. The summed E-state index contributed by atoms with van der Waals surface area (Å²) in [6, 6.07) is 0. The Hall–Kier alpha value is -0.530. The summed E-state index contributed by atoms with van der Waals surface area (Å²) in [7, 11) is 1.53. The fourth-order valence-corrected chi connectivity index (χ4v) is 5.04. The molecule has 2 atom stereocenters. The molecule has 0 heterocycles. The lowest BCUT2D eigenvalue weighted by molar-refractivity contribution is -0.870. The number of hydrogen-bond donors (Lipinski definition) is 0. The van der Waals surface area contributed by atoms with Crippen LogP contribution in [0.25, 0.3) is 0 Å². The molecule has 250 valence electrons. The quantitative estimate of drug-likeness (QED) is 0.0361. The van der Waals surface area contributed by atoms with Gasteiger partial charge in [0.05, 0.1) is 40.0 Å². The van der Waals surface area contributed by atoms with Crippen molar-refractivity contribution < 1.29 is 32.5 Å². The third-order valence-corrected chi connectivity index (χ3v) is 7.68. The van der Waals surface area contributed by atoms with Crippen molar-refractivity contribution >= 4 is 7.82 Å². The number of allylic oxidation sites excluding steroid dienone is 4. The lowest BCUT2D eigenvalue weighted by atomic mass is 10.1. The predicted octanol–water partition coefficient (Wildman–Crippen LogP) is 8.77. The molecule has 0 aromatic rings. The molecule has 42 heavy (non-hydrogen) atoms. The van der Waals surface area contributed by atoms with Crippen LogP contribution in [0.3, 0.4) is 0 Å². The summed E-state index contributed by atoms with van der Waals surface area (Å²) in [5.41, 5.74) is -0.440. The molecule has 8 heteroatoms. The third-order valence-electron chi connectivity index (χ3n) is 6.71. The first-order valence-corrected chi connectivity index (χ1v) is 18.3. The van der Waals surface area contributed by atoms with Gasteiger partial charge < -0.3 is 27.9 Å². The second kappa shape index (κ2) is 25.8. The van der Waals surface area contributed by atoms with Gasteiger partial charge in [0, 0.05) is 6.61 Å². The highest BCUT2D eigenvalue weighted by molar-refractivity contribution is 7.45. The maximum atomic E-state index is 12.1. The molecule has 0 radical (unpaired) electrons. The third kappa shape index (κ3) is 32.4. The maximum absolute atomic E-state index is 12.1. The van der Waals surface area contributed by atoms with Crippen molar-refractivity contribution in [3.8, 4) is 0 Å². The second-order valence-corrected chi connectivity index (χ2v) is 14.9. The Morgan fingerprint density at radius 1 is 0.690 bits per heavy atom. The van der Waals surface area contributed by atoms with E-state index in [0.717, 1.165) is 19.3 Å². The highest BCUT2D eigenvalue weighted by Crippen LogP contribution is 2.38. The summed E-state index contributed by atoms with van der Waals surface area (Å²) >= 11 is 0. The summed E-state index contributed by atoms with van der Waals surface area (Å²) < 4.78 is 34.6. The molecule has 0 spiro atoms. The lowest BCUT2D eigenvalue weighted by Gasteiger charge is -2.31. The van der Waals surface area contributed by atoms with E-state index in [4.69, 9.17) is 18.5 Å². The van der Waals surface area contributed by atoms with Crippen LogP contribution < -0.4 is 4.89 Å². The lowest BCUT2D eigenvalue weighted by Crippen LogP contribution is -2.38. The van der Waals surface area contributed by atoms with Crippen molar-refractivity contribution in [3.05, 3.63) is 24.3 Å². The molecule has 0 aromatic carbocycles. The molecule has 0 aliphatic carbocycles. The van der Waals surface area contributed by atoms with Crippen LogP contribution in [0.5, 0.6) is 0 Å². The Morgan fingerprint density at radius 2 is 1.17 bits per heavy atom. The molecular weight excluding hydrogens is 549 g/mol. The first kappa shape index (κ1) is 41.5. The van der Waals surface area contributed by atoms with Gasteiger partial charge >= 0.3 is 0 Å². The number of unbranched alkanes of at least 4 members (excludes halogenated alkanes) is 13. The minimum atomic E-state index is -4.39. The highest BCUT2D eigenvalue weighted by Gasteiger charge is 2.22. The number of rotatable bonds is 29. The number of phosphoric acid groups is 1. The normalized spacial score (nSPS) is 15.1. The van der Waals surface area contributed by atoms with Crippen LogP contribution in [0.2, 0.25) is 0 Å². The minimum absolute atomic E-state index is 0.0813. The Bertz CT molecular complexity index is 714. The average Bonchev–Trinajstić information content (AvgIpc) is 2.88. The standard InChI is InChI=1S/C34H68NO6P/c1-8-9-10-11-12-13-14-15-16-17-18-19-20-21-22-23-24-25-26-27-29-38-31-33(41-34(2,3)4)32-40-42(36,37)39-30-28-35(5,6)7/h11-12,23-24,33H,8-10,13-22,25-32H2,1-7H3/b12-11-,24-23-/t33-/m1/s1. The second-order valence-electron chi connectivity index (χ2n) is 13.5. The Labute approximate surface area is 260 Å². The van der Waals surface area contributed by atoms with Crippen LogP contribution in [0.4, 0.5) is 0 Å². The molecule has 0 aromatic heterocycles. The molecule has 0 N–H and O–H groups in total. The van der Waals surface area contributed by atoms with Gasteiger partial charge in [-0.1, -0.05) is 82.6 Å². The summed E-state index contributed by atoms with van der Waals surface area (Å²) in [6.07, 6.45) is 29.1. The van der Waals surface area contributed by atoms with E-state index < -0.39 is 19.5 Å². The molecule has 0 saturated heterocycles. The van der Waals surface area contributed by atoms with E-state index in [1.54, 1.807) is 0 Å². The minimum Gasteiger partial charge on any atom is -0.756 e. The predicted molar refractivity (Wildman–Crippen MR) is 176 cm³/mol. The molecule has 0 aliphatic heterocycles. The molecule has 0 saturated carbocycles. The highest BCUT2D eigenvalue weighted by atomic mass is 31.2. The first-order chi connectivity index (χ1) is 19.8. The first-order valence-electron chi connectivity index (χ1n) is 16.8. The topological polar surface area (TPSA) is 77.1 Å². The average molecular weight is 618 g/mol. The van der Waals surface area contributed by atoms with E-state index in [1.165, 1.54) is 83.5 Å². The van der Waals surface area contributed by atoms with Gasteiger partial charge in [-0.15, -0.1) is 0 Å². The van der Waals surface area contributed by atoms with Crippen LogP contribution in [0, 0.1) is 0 Å². The molecule has 7 nitrogen and oxygen atoms in total. The van der Waals surface area contributed by atoms with E-state index in [1.807, 2.05) is 41.9 Å². The van der Waals surface area contributed by atoms with E-state index in [9.17, 15) is 9.46 Å². The van der Waals surface area contributed by atoms with Gasteiger partial charge in [-0.3, -0.25) is 4.57 Å². The zero-order valence-electron chi connectivity index (χ0n) is 28.6. The van der Waals surface area contributed by atoms with E-state index in [2.05, 4.69) is 31.2 Å². The van der Waals surface area contributed by atoms with Crippen LogP contribution in [-0.4, -0.2) is 70.3 Å². The van der Waals surface area contributed by atoms with Gasteiger partial charge in [-0.25, -0.2) is 0 Å². The van der Waals surface area contributed by atoms with Gasteiger partial charge in [0.2, 0.25) is 0 Å². The molecule has 0 amide bonds. The van der Waals surface area contributed by atoms with Crippen molar-refractivity contribution in [1.29, 1.82) is 0 Å². The van der Waals surface area contributed by atoms with Gasteiger partial charge in [-0.2, -0.15) is 0 Å². The maximum Gasteiger partial charge on any atom is 0.268 e. The van der Waals surface area contributed by atoms with E-state index in [-0.39, 0.29) is 19.8 Å². The van der Waals surface area contributed by atoms with Crippen LogP contribution in [0.15, 0.2) is 24.3 Å². The van der Waals surface area contributed by atoms with Crippen molar-refractivity contribution in [2.24, 2.45) is 0 Å². The monoisotopic (exact) mass is 617 g/mol. The van der Waals surface area contributed by atoms with Gasteiger partial charge in [0.1, 0.15) is 19.3 Å². The van der Waals surface area contributed by atoms with Crippen LogP contribution in [0.1, 0.15) is 130 Å². The smallest absolute Gasteiger partial charge is 0.268 e. The molecule has 0 aliphatic rings. The van der Waals surface area contributed by atoms with Crippen LogP contribution >= 0.6 is 7.82 Å². The number of quaternary nitrogens is 1. The van der Waals surface area contributed by atoms with Crippen molar-refractivity contribution in [3.63, 3.8) is 0 Å². The number of nitrogens with zero attached hydrogens (tertiary/aromatic N) is 1. The fourth-order valence-electron chi connectivity index (χ4n) is 4.31. The Morgan fingerprint density at radius 3 is 1.64 bits per heavy atom. The van der Waals surface area contributed by atoms with Gasteiger partial charge in [-0.05, 0) is 72.1 Å². The largest absolute Gasteiger partial charge is 0.756 e.